The first kappa shape index (κ1) is 11.5. The van der Waals surface area contributed by atoms with Crippen LogP contribution in [0.1, 0.15) is 38.4 Å². The first-order valence-electron chi connectivity index (χ1n) is 6.16. The van der Waals surface area contributed by atoms with Crippen LogP contribution >= 0.6 is 0 Å². The molecule has 1 N–H and O–H groups in total. The van der Waals surface area contributed by atoms with Gasteiger partial charge in [-0.1, -0.05) is 6.92 Å². The second-order valence-electron chi connectivity index (χ2n) is 5.37. The lowest BCUT2D eigenvalue weighted by molar-refractivity contribution is -0.140. The maximum Gasteiger partial charge on any atom is 0.335 e. The number of hydrogen-bond acceptors (Lipinski definition) is 4. The highest BCUT2D eigenvalue weighted by molar-refractivity contribution is 5.94. The van der Waals surface area contributed by atoms with Crippen LogP contribution in [-0.2, 0) is 9.53 Å². The summed E-state index contributed by atoms with van der Waals surface area (Å²) in [5.41, 5.74) is 1.92. The van der Waals surface area contributed by atoms with E-state index in [4.69, 9.17) is 9.15 Å². The Kier molecular flexibility index (Phi) is 2.38. The molecule has 0 saturated carbocycles. The van der Waals surface area contributed by atoms with E-state index in [9.17, 15) is 9.90 Å². The monoisotopic (exact) mass is 248 g/mol. The molecule has 0 aromatic carbocycles. The minimum Gasteiger partial charge on any atom is -0.472 e. The molecule has 2 heterocycles. The largest absolute Gasteiger partial charge is 0.472 e. The number of rotatable bonds is 1. The average molecular weight is 248 g/mol. The maximum absolute atomic E-state index is 12.1. The van der Waals surface area contributed by atoms with Crippen molar-refractivity contribution in [3.8, 4) is 0 Å². The summed E-state index contributed by atoms with van der Waals surface area (Å²) in [6.45, 7) is 3.84. The number of esters is 1. The van der Waals surface area contributed by atoms with Gasteiger partial charge < -0.3 is 14.3 Å². The fraction of sp³-hybridized carbons (Fsp3) is 0.500. The number of carbonyl (C=O) groups is 1. The predicted octanol–water partition coefficient (Wildman–Crippen LogP) is 2.36. The van der Waals surface area contributed by atoms with Crippen LogP contribution in [0.2, 0.25) is 0 Å². The van der Waals surface area contributed by atoms with Gasteiger partial charge in [-0.05, 0) is 31.4 Å². The molecule has 4 nitrogen and oxygen atoms in total. The van der Waals surface area contributed by atoms with Gasteiger partial charge in [-0.15, -0.1) is 0 Å². The Hall–Kier alpha value is -1.55. The molecule has 3 atom stereocenters. The van der Waals surface area contributed by atoms with E-state index >= 15 is 0 Å². The first-order chi connectivity index (χ1) is 8.54. The predicted molar refractivity (Wildman–Crippen MR) is 63.6 cm³/mol. The molecule has 1 aromatic rings. The summed E-state index contributed by atoms with van der Waals surface area (Å²) in [7, 11) is 0. The molecule has 1 aliphatic heterocycles. The van der Waals surface area contributed by atoms with Crippen LogP contribution in [0.5, 0.6) is 0 Å². The average Bonchev–Trinajstić information content (AvgIpc) is 2.92. The van der Waals surface area contributed by atoms with Gasteiger partial charge in [-0.3, -0.25) is 0 Å². The fourth-order valence-electron chi connectivity index (χ4n) is 3.21. The first-order valence-corrected chi connectivity index (χ1v) is 6.16. The molecular weight excluding hydrogens is 232 g/mol. The molecule has 1 aliphatic carbocycles. The van der Waals surface area contributed by atoms with Gasteiger partial charge in [0.2, 0.25) is 0 Å². The molecular formula is C14H16O4. The van der Waals surface area contributed by atoms with Crippen LogP contribution in [-0.4, -0.2) is 17.2 Å². The van der Waals surface area contributed by atoms with Crippen molar-refractivity contribution in [3.63, 3.8) is 0 Å². The summed E-state index contributed by atoms with van der Waals surface area (Å²) in [6.07, 6.45) is 3.77. The third kappa shape index (κ3) is 1.38. The highest BCUT2D eigenvalue weighted by Gasteiger charge is 2.54. The zero-order valence-corrected chi connectivity index (χ0v) is 10.5. The maximum atomic E-state index is 12.1. The van der Waals surface area contributed by atoms with Crippen molar-refractivity contribution >= 4 is 5.97 Å². The molecule has 0 bridgehead atoms. The number of aliphatic hydroxyl groups excluding tert-OH is 1. The number of hydrogen-bond donors (Lipinski definition) is 1. The van der Waals surface area contributed by atoms with Crippen LogP contribution in [0.25, 0.3) is 0 Å². The van der Waals surface area contributed by atoms with Gasteiger partial charge in [0.05, 0.1) is 18.6 Å². The van der Waals surface area contributed by atoms with Crippen molar-refractivity contribution in [3.05, 3.63) is 35.3 Å². The standard InChI is InChI=1S/C14H16O4/c1-8-10(15)3-5-14(2)11(8)13(16)18-12(14)9-4-6-17-7-9/h4,6-7,10,12,15H,3,5H2,1-2H3/t10-,12-,14+/m1/s1. The molecule has 4 heteroatoms. The lowest BCUT2D eigenvalue weighted by Crippen LogP contribution is -2.31. The molecule has 0 amide bonds. The van der Waals surface area contributed by atoms with Crippen molar-refractivity contribution < 1.29 is 19.1 Å². The van der Waals surface area contributed by atoms with Crippen molar-refractivity contribution in [2.75, 3.05) is 0 Å². The van der Waals surface area contributed by atoms with Crippen LogP contribution in [0.4, 0.5) is 0 Å². The molecule has 1 saturated heterocycles. The van der Waals surface area contributed by atoms with E-state index in [0.717, 1.165) is 17.6 Å². The second-order valence-corrected chi connectivity index (χ2v) is 5.37. The molecule has 0 radical (unpaired) electrons. The number of fused-ring (bicyclic) bond motifs is 1. The lowest BCUT2D eigenvalue weighted by Gasteiger charge is -2.35. The van der Waals surface area contributed by atoms with Crippen molar-refractivity contribution in [2.24, 2.45) is 5.41 Å². The van der Waals surface area contributed by atoms with Crippen molar-refractivity contribution in [1.82, 2.24) is 0 Å². The third-order valence-corrected chi connectivity index (χ3v) is 4.26. The van der Waals surface area contributed by atoms with Gasteiger partial charge in [-0.25, -0.2) is 4.79 Å². The Bertz CT molecular complexity index is 514. The van der Waals surface area contributed by atoms with Gasteiger partial charge in [0, 0.05) is 16.6 Å². The summed E-state index contributed by atoms with van der Waals surface area (Å²) >= 11 is 0. The van der Waals surface area contributed by atoms with Gasteiger partial charge >= 0.3 is 5.97 Å². The summed E-state index contributed by atoms with van der Waals surface area (Å²) in [6, 6.07) is 1.83. The third-order valence-electron chi connectivity index (χ3n) is 4.26. The van der Waals surface area contributed by atoms with Crippen molar-refractivity contribution in [1.29, 1.82) is 0 Å². The van der Waals surface area contributed by atoms with E-state index in [2.05, 4.69) is 0 Å². The summed E-state index contributed by atoms with van der Waals surface area (Å²) in [5, 5.41) is 9.89. The molecule has 96 valence electrons. The Balaban J connectivity index is 2.11. The molecule has 1 fully saturated rings. The van der Waals surface area contributed by atoms with Crippen LogP contribution < -0.4 is 0 Å². The zero-order chi connectivity index (χ0) is 12.9. The van der Waals surface area contributed by atoms with Crippen molar-refractivity contribution in [2.45, 2.75) is 38.9 Å². The van der Waals surface area contributed by atoms with E-state index in [-0.39, 0.29) is 17.5 Å². The minimum absolute atomic E-state index is 0.304. The molecule has 0 unspecified atom stereocenters. The molecule has 2 aliphatic rings. The van der Waals surface area contributed by atoms with Gasteiger partial charge in [-0.2, -0.15) is 0 Å². The van der Waals surface area contributed by atoms with E-state index in [1.807, 2.05) is 19.9 Å². The quantitative estimate of drug-likeness (QED) is 0.775. The Morgan fingerprint density at radius 1 is 1.50 bits per heavy atom. The van der Waals surface area contributed by atoms with Gasteiger partial charge in [0.25, 0.3) is 0 Å². The smallest absolute Gasteiger partial charge is 0.335 e. The van der Waals surface area contributed by atoms with E-state index in [1.165, 1.54) is 0 Å². The Labute approximate surface area is 105 Å². The summed E-state index contributed by atoms with van der Waals surface area (Å²) < 4.78 is 10.6. The van der Waals surface area contributed by atoms with Crippen LogP contribution in [0, 0.1) is 5.41 Å². The molecule has 3 rings (SSSR count). The number of cyclic esters (lactones) is 1. The van der Waals surface area contributed by atoms with Crippen LogP contribution in [0.3, 0.4) is 0 Å². The number of furan rings is 1. The molecule has 1 aromatic heterocycles. The topological polar surface area (TPSA) is 59.7 Å². The molecule has 0 spiro atoms. The molecule has 18 heavy (non-hydrogen) atoms. The summed E-state index contributed by atoms with van der Waals surface area (Å²) in [4.78, 5) is 12.1. The minimum atomic E-state index is -0.524. The second kappa shape index (κ2) is 3.72. The lowest BCUT2D eigenvalue weighted by atomic mass is 9.67. The zero-order valence-electron chi connectivity index (χ0n) is 10.5. The van der Waals surface area contributed by atoms with E-state index < -0.39 is 6.10 Å². The van der Waals surface area contributed by atoms with E-state index in [1.54, 1.807) is 12.5 Å². The Morgan fingerprint density at radius 3 is 2.94 bits per heavy atom. The SMILES string of the molecule is CC1=C2C(=O)O[C@H](c3ccoc3)[C@@]2(C)CC[C@H]1O. The summed E-state index contributed by atoms with van der Waals surface area (Å²) in [5.74, 6) is -0.306. The van der Waals surface area contributed by atoms with E-state index in [0.29, 0.717) is 12.0 Å². The van der Waals surface area contributed by atoms with Crippen LogP contribution in [0.15, 0.2) is 34.2 Å². The highest BCUT2D eigenvalue weighted by Crippen LogP contribution is 2.55. The Morgan fingerprint density at radius 2 is 2.28 bits per heavy atom. The normalized spacial score (nSPS) is 35.6. The number of carbonyl (C=O) groups excluding carboxylic acids is 1. The van der Waals surface area contributed by atoms with Gasteiger partial charge in [0.1, 0.15) is 6.10 Å². The fourth-order valence-corrected chi connectivity index (χ4v) is 3.21. The highest BCUT2D eigenvalue weighted by atomic mass is 16.6. The van der Waals surface area contributed by atoms with Gasteiger partial charge in [0.15, 0.2) is 0 Å². The number of ether oxygens (including phenoxy) is 1. The number of aliphatic hydroxyl groups is 1.